The summed E-state index contributed by atoms with van der Waals surface area (Å²) in [6.07, 6.45) is 3.71. The molecule has 0 bridgehead atoms. The molecule has 0 aliphatic carbocycles. The third kappa shape index (κ3) is 19.6. The second-order valence-corrected chi connectivity index (χ2v) is 24.4. The average Bonchev–Trinajstić information content (AvgIpc) is 3.57. The van der Waals surface area contributed by atoms with Crippen molar-refractivity contribution in [3.8, 4) is 0 Å². The molecule has 4 rings (SSSR count). The van der Waals surface area contributed by atoms with Gasteiger partial charge < -0.3 is 0 Å². The van der Waals surface area contributed by atoms with Crippen LogP contribution in [0.25, 0.3) is 0 Å². The fourth-order valence-electron chi connectivity index (χ4n) is 4.82. The van der Waals surface area contributed by atoms with E-state index < -0.39 is 0 Å². The van der Waals surface area contributed by atoms with E-state index in [0.717, 1.165) is 22.8 Å². The highest BCUT2D eigenvalue weighted by Gasteiger charge is 2.23. The monoisotopic (exact) mass is 801 g/mol. The van der Waals surface area contributed by atoms with Gasteiger partial charge >= 0.3 is 0 Å². The Labute approximate surface area is 358 Å². The number of aromatic nitrogens is 4. The van der Waals surface area contributed by atoms with Crippen molar-refractivity contribution in [1.82, 2.24) is 20.2 Å². The van der Waals surface area contributed by atoms with Gasteiger partial charge in [0.25, 0.3) is 0 Å². The molecule has 1 aromatic carbocycles. The van der Waals surface area contributed by atoms with Crippen molar-refractivity contribution in [3.05, 3.63) is 105 Å². The van der Waals surface area contributed by atoms with Crippen LogP contribution in [-0.4, -0.2) is 20.2 Å². The normalized spacial score (nSPS) is 12.7. The van der Waals surface area contributed by atoms with E-state index in [1.54, 1.807) is 0 Å². The van der Waals surface area contributed by atoms with Crippen LogP contribution >= 0.6 is 11.3 Å². The molecule has 3 aromatic heterocycles. The largest absolute Gasteiger partial charge is 0.261 e. The lowest BCUT2D eigenvalue weighted by molar-refractivity contribution is 0.525. The number of hydrogen-bond acceptors (Lipinski definition) is 5. The fraction of sp³-hybridized carbons (Fsp3) is 0.654. The summed E-state index contributed by atoms with van der Waals surface area (Å²) in [5.41, 5.74) is 8.49. The molecule has 0 N–H and O–H groups in total. The zero-order valence-electron chi connectivity index (χ0n) is 42.0. The first-order valence-electron chi connectivity index (χ1n) is 21.2. The number of hydrogen-bond donors (Lipinski definition) is 0. The maximum Gasteiger partial charge on any atom is 0.0684 e. The van der Waals surface area contributed by atoms with Crippen LogP contribution in [0.4, 0.5) is 0 Å². The second-order valence-electron chi connectivity index (χ2n) is 23.3. The quantitative estimate of drug-likeness (QED) is 0.178. The summed E-state index contributed by atoms with van der Waals surface area (Å²) in [5, 5.41) is 8.53. The highest BCUT2D eigenvalue weighted by atomic mass is 32.1. The van der Waals surface area contributed by atoms with E-state index in [4.69, 9.17) is 0 Å². The molecule has 0 aliphatic rings. The predicted octanol–water partition coefficient (Wildman–Crippen LogP) is 15.8. The van der Waals surface area contributed by atoms with Gasteiger partial charge in [0.1, 0.15) is 0 Å². The smallest absolute Gasteiger partial charge is 0.0684 e. The lowest BCUT2D eigenvalue weighted by Crippen LogP contribution is -2.20. The molecule has 4 aromatic rings. The highest BCUT2D eigenvalue weighted by molar-refractivity contribution is 7.12. The Kier molecular flexibility index (Phi) is 19.3. The molecular weight excluding hydrogens is 713 g/mol. The summed E-state index contributed by atoms with van der Waals surface area (Å²) in [6, 6.07) is 17.6. The minimum atomic E-state index is 0.0776. The number of thiophene rings is 1. The minimum Gasteiger partial charge on any atom is -0.261 e. The molecule has 0 fully saturated rings. The van der Waals surface area contributed by atoms with Crippen LogP contribution < -0.4 is 0 Å². The summed E-state index contributed by atoms with van der Waals surface area (Å²) in [4.78, 5) is 11.9. The molecule has 0 saturated carbocycles. The van der Waals surface area contributed by atoms with Crippen LogP contribution in [0, 0.1) is 0 Å². The topological polar surface area (TPSA) is 51.6 Å². The van der Waals surface area contributed by atoms with Gasteiger partial charge in [0.05, 0.1) is 22.8 Å². The van der Waals surface area contributed by atoms with Crippen LogP contribution in [-0.2, 0) is 43.3 Å². The molecule has 0 amide bonds. The second kappa shape index (κ2) is 20.4. The zero-order valence-corrected chi connectivity index (χ0v) is 42.8. The van der Waals surface area contributed by atoms with Crippen LogP contribution in [0.15, 0.2) is 60.9 Å². The number of nitrogens with zero attached hydrogens (tertiary/aromatic N) is 4. The van der Waals surface area contributed by atoms with E-state index in [-0.39, 0.29) is 32.5 Å². The van der Waals surface area contributed by atoms with Crippen molar-refractivity contribution in [3.63, 3.8) is 0 Å². The molecule has 0 atom stereocenters. The summed E-state index contributed by atoms with van der Waals surface area (Å²) in [6.45, 7) is 57.0. The maximum absolute atomic E-state index is 4.65. The van der Waals surface area contributed by atoms with Gasteiger partial charge in [-0.15, -0.1) is 11.3 Å². The van der Waals surface area contributed by atoms with Crippen LogP contribution in [0.3, 0.4) is 0 Å². The van der Waals surface area contributed by atoms with Gasteiger partial charge in [0.2, 0.25) is 0 Å². The molecule has 0 spiro atoms. The maximum atomic E-state index is 4.65. The van der Waals surface area contributed by atoms with Crippen LogP contribution in [0.5, 0.6) is 0 Å². The number of rotatable bonds is 0. The Hall–Kier alpha value is -2.92. The first-order chi connectivity index (χ1) is 25.3. The Morgan fingerprint density at radius 1 is 0.351 bits per heavy atom. The van der Waals surface area contributed by atoms with Gasteiger partial charge in [-0.25, -0.2) is 0 Å². The van der Waals surface area contributed by atoms with E-state index in [1.807, 2.05) is 37.6 Å². The Morgan fingerprint density at radius 2 is 0.649 bits per heavy atom. The molecule has 0 aliphatic heterocycles. The van der Waals surface area contributed by atoms with E-state index in [0.29, 0.717) is 10.8 Å². The fourth-order valence-corrected chi connectivity index (χ4v) is 5.94. The molecule has 5 heteroatoms. The van der Waals surface area contributed by atoms with Crippen molar-refractivity contribution in [2.75, 3.05) is 0 Å². The summed E-state index contributed by atoms with van der Waals surface area (Å²) < 4.78 is 0. The summed E-state index contributed by atoms with van der Waals surface area (Å²) >= 11 is 1.95. The van der Waals surface area contributed by atoms with Gasteiger partial charge in [-0.05, 0) is 57.1 Å². The van der Waals surface area contributed by atoms with Crippen LogP contribution in [0.1, 0.15) is 224 Å². The van der Waals surface area contributed by atoms with Crippen molar-refractivity contribution >= 4 is 11.3 Å². The molecule has 0 radical (unpaired) electrons. The molecule has 322 valence electrons. The molecule has 4 nitrogen and oxygen atoms in total. The first kappa shape index (κ1) is 54.1. The van der Waals surface area contributed by atoms with E-state index >= 15 is 0 Å². The zero-order chi connectivity index (χ0) is 45.2. The summed E-state index contributed by atoms with van der Waals surface area (Å²) in [5.74, 6) is 0. The molecule has 0 unspecified atom stereocenters. The van der Waals surface area contributed by atoms with Gasteiger partial charge in [-0.3, -0.25) is 9.97 Å². The highest BCUT2D eigenvalue weighted by Crippen LogP contribution is 2.35. The van der Waals surface area contributed by atoms with E-state index in [2.05, 4.69) is 235 Å². The van der Waals surface area contributed by atoms with Crippen LogP contribution in [0.2, 0.25) is 0 Å². The van der Waals surface area contributed by atoms with Crippen molar-refractivity contribution in [2.24, 2.45) is 0 Å². The predicted molar refractivity (Wildman–Crippen MR) is 256 cm³/mol. The molecule has 0 saturated heterocycles. The average molecular weight is 801 g/mol. The first-order valence-corrected chi connectivity index (χ1v) is 22.1. The van der Waals surface area contributed by atoms with Gasteiger partial charge in [0.15, 0.2) is 0 Å². The van der Waals surface area contributed by atoms with Crippen molar-refractivity contribution < 1.29 is 0 Å². The Bertz CT molecular complexity index is 1550. The SMILES string of the molecule is CC.CC(C)(C)c1ccc(C(C)(C)C)nn1.CC(C)(C)c1ccc(C(C)(C)C)s1.CC(C)(C)c1cccc(C(C)(C)C)c1.CC(C)(C)c1cncc(C(C)(C)C)n1. The van der Waals surface area contributed by atoms with Crippen molar-refractivity contribution in [1.29, 1.82) is 0 Å². The molecular formula is C52H88N4S. The standard InChI is InChI=1S/C14H22.2C12H20N2.C12H20S.C2H6/c1-13(2,3)11-8-7-9-12(10-11)14(4,5)6;1-11(2,3)9-7-13-8-10(14-9)12(4,5)6;1-11(2,3)9-7-8-10(14-13-9)12(4,5)6;1-11(2,3)9-7-8-10(13-9)12(4,5)6;1-2/h7-10H,1-6H3;2*7-8H,1-6H3;7-8H,1-6H3;1-2H3. The van der Waals surface area contributed by atoms with Gasteiger partial charge in [-0.2, -0.15) is 10.2 Å². The lowest BCUT2D eigenvalue weighted by Gasteiger charge is -2.24. The third-order valence-electron chi connectivity index (χ3n) is 9.05. The van der Waals surface area contributed by atoms with Gasteiger partial charge in [0, 0.05) is 43.8 Å². The minimum absolute atomic E-state index is 0.0776. The number of benzene rings is 1. The lowest BCUT2D eigenvalue weighted by atomic mass is 9.81. The molecule has 3 heterocycles. The third-order valence-corrected chi connectivity index (χ3v) is 11.0. The summed E-state index contributed by atoms with van der Waals surface area (Å²) in [7, 11) is 0. The van der Waals surface area contributed by atoms with E-state index in [9.17, 15) is 0 Å². The van der Waals surface area contributed by atoms with E-state index in [1.165, 1.54) is 20.9 Å². The molecule has 57 heavy (non-hydrogen) atoms. The Balaban J connectivity index is 0.000000723. The van der Waals surface area contributed by atoms with Gasteiger partial charge in [-0.1, -0.05) is 204 Å². The van der Waals surface area contributed by atoms with Crippen molar-refractivity contribution in [2.45, 2.75) is 223 Å². The Morgan fingerprint density at radius 3 is 0.860 bits per heavy atom.